The molecule has 0 saturated heterocycles. The highest BCUT2D eigenvalue weighted by molar-refractivity contribution is 5.91. The lowest BCUT2D eigenvalue weighted by Gasteiger charge is -2.59. The van der Waals surface area contributed by atoms with E-state index >= 15 is 0 Å². The van der Waals surface area contributed by atoms with Crippen LogP contribution in [0.3, 0.4) is 0 Å². The van der Waals surface area contributed by atoms with Gasteiger partial charge < -0.3 is 0 Å². The number of nitrogens with zero attached hydrogens (tertiary/aromatic N) is 1. The number of carbonyl (C=O) groups excluding carboxylic acids is 1. The third-order valence-electron chi connectivity index (χ3n) is 9.18. The molecule has 6 atom stereocenters. The number of ketones is 1. The number of hydrogen-bond donors (Lipinski definition) is 0. The molecule has 4 aliphatic carbocycles. The van der Waals surface area contributed by atoms with E-state index in [2.05, 4.69) is 31.8 Å². The lowest BCUT2D eigenvalue weighted by molar-refractivity contribution is -0.117. The topological polar surface area (TPSA) is 30.0 Å². The SMILES string of the molecule is CC1CC2C3CC=C(c4cncc(C(F)F)c4)C3(C)CCC2C2(C)CCC(=O)C=C12. The van der Waals surface area contributed by atoms with E-state index in [1.54, 1.807) is 12.3 Å². The van der Waals surface area contributed by atoms with Crippen molar-refractivity contribution in [2.24, 2.45) is 34.5 Å². The Hall–Kier alpha value is -1.84. The summed E-state index contributed by atoms with van der Waals surface area (Å²) in [7, 11) is 0. The molecule has 0 aliphatic heterocycles. The average Bonchev–Trinajstić information content (AvgIpc) is 3.07. The highest BCUT2D eigenvalue weighted by Crippen LogP contribution is 2.67. The molecule has 0 N–H and O–H groups in total. The zero-order valence-electron chi connectivity index (χ0n) is 18.1. The van der Waals surface area contributed by atoms with Gasteiger partial charge in [-0.05, 0) is 89.9 Å². The van der Waals surface area contributed by atoms with E-state index in [1.807, 2.05) is 6.08 Å². The fraction of sp³-hybridized carbons (Fsp3) is 0.615. The summed E-state index contributed by atoms with van der Waals surface area (Å²) in [5, 5.41) is 0. The Morgan fingerprint density at radius 1 is 1.13 bits per heavy atom. The van der Waals surface area contributed by atoms with Crippen LogP contribution in [0.1, 0.15) is 76.8 Å². The van der Waals surface area contributed by atoms with Gasteiger partial charge in [0.25, 0.3) is 6.43 Å². The van der Waals surface area contributed by atoms with Gasteiger partial charge in [-0.3, -0.25) is 9.78 Å². The molecule has 0 bridgehead atoms. The molecule has 2 nitrogen and oxygen atoms in total. The van der Waals surface area contributed by atoms with Gasteiger partial charge in [0.2, 0.25) is 0 Å². The number of alkyl halides is 2. The maximum Gasteiger partial charge on any atom is 0.265 e. The summed E-state index contributed by atoms with van der Waals surface area (Å²) < 4.78 is 26.5. The molecule has 1 aromatic rings. The Balaban J connectivity index is 1.48. The molecule has 1 heterocycles. The molecule has 2 saturated carbocycles. The summed E-state index contributed by atoms with van der Waals surface area (Å²) in [4.78, 5) is 16.3. The van der Waals surface area contributed by atoms with Crippen LogP contribution in [-0.2, 0) is 4.79 Å². The maximum atomic E-state index is 13.3. The summed E-state index contributed by atoms with van der Waals surface area (Å²) in [6.45, 7) is 7.05. The molecule has 160 valence electrons. The minimum atomic E-state index is -2.49. The van der Waals surface area contributed by atoms with Crippen LogP contribution in [0.2, 0.25) is 0 Å². The molecule has 6 unspecified atom stereocenters. The van der Waals surface area contributed by atoms with Crippen LogP contribution in [0.25, 0.3) is 5.57 Å². The van der Waals surface area contributed by atoms with E-state index in [1.165, 1.54) is 17.3 Å². The highest BCUT2D eigenvalue weighted by Gasteiger charge is 2.58. The summed E-state index contributed by atoms with van der Waals surface area (Å²) in [5.41, 5.74) is 3.65. The first kappa shape index (κ1) is 20.1. The molecule has 5 rings (SSSR count). The van der Waals surface area contributed by atoms with Crippen LogP contribution in [0.5, 0.6) is 0 Å². The van der Waals surface area contributed by atoms with Crippen molar-refractivity contribution in [3.63, 3.8) is 0 Å². The molecule has 4 aliphatic rings. The number of carbonyl (C=O) groups is 1. The quantitative estimate of drug-likeness (QED) is 0.536. The van der Waals surface area contributed by atoms with Gasteiger partial charge >= 0.3 is 0 Å². The summed E-state index contributed by atoms with van der Waals surface area (Å²) in [6.07, 6.45) is 10.9. The third kappa shape index (κ3) is 2.78. The second kappa shape index (κ2) is 6.83. The first-order chi connectivity index (χ1) is 14.2. The first-order valence-electron chi connectivity index (χ1n) is 11.4. The Morgan fingerprint density at radius 3 is 2.70 bits per heavy atom. The van der Waals surface area contributed by atoms with Crippen LogP contribution >= 0.6 is 0 Å². The Morgan fingerprint density at radius 2 is 1.93 bits per heavy atom. The van der Waals surface area contributed by atoms with Crippen LogP contribution in [0.4, 0.5) is 8.78 Å². The minimum absolute atomic E-state index is 0.00888. The van der Waals surface area contributed by atoms with E-state index in [9.17, 15) is 13.6 Å². The fourth-order valence-electron chi connectivity index (χ4n) is 7.72. The molecule has 0 spiro atoms. The monoisotopic (exact) mass is 411 g/mol. The van der Waals surface area contributed by atoms with Crippen LogP contribution in [0, 0.1) is 34.5 Å². The van der Waals surface area contributed by atoms with Crippen molar-refractivity contribution >= 4 is 11.4 Å². The number of pyridine rings is 1. The highest BCUT2D eigenvalue weighted by atomic mass is 19.3. The second-order valence-corrected chi connectivity index (χ2v) is 10.6. The number of halogens is 2. The van der Waals surface area contributed by atoms with Gasteiger partial charge in [0.1, 0.15) is 0 Å². The molecule has 0 amide bonds. The number of hydrogen-bond acceptors (Lipinski definition) is 2. The van der Waals surface area contributed by atoms with Gasteiger partial charge in [-0.25, -0.2) is 8.78 Å². The standard InChI is InChI=1S/C26H31F2NO/c1-15-10-19-21-5-4-20(16-11-17(24(27)28)14-29-13-16)25(21,2)9-7-22(19)26(3)8-6-18(30)12-23(15)26/h4,11-15,19,21-22,24H,5-10H2,1-3H3. The average molecular weight is 412 g/mol. The summed E-state index contributed by atoms with van der Waals surface area (Å²) >= 11 is 0. The van der Waals surface area contributed by atoms with Crippen molar-refractivity contribution in [2.75, 3.05) is 0 Å². The third-order valence-corrected chi connectivity index (χ3v) is 9.18. The fourth-order valence-corrected chi connectivity index (χ4v) is 7.72. The van der Waals surface area contributed by atoms with Crippen molar-refractivity contribution in [1.29, 1.82) is 0 Å². The van der Waals surface area contributed by atoms with Crippen molar-refractivity contribution in [3.05, 3.63) is 47.3 Å². The van der Waals surface area contributed by atoms with E-state index < -0.39 is 6.43 Å². The number of rotatable bonds is 2. The van der Waals surface area contributed by atoms with Gasteiger partial charge in [0.05, 0.1) is 0 Å². The van der Waals surface area contributed by atoms with Crippen molar-refractivity contribution < 1.29 is 13.6 Å². The first-order valence-corrected chi connectivity index (χ1v) is 11.4. The zero-order chi connectivity index (χ0) is 21.3. The number of fused-ring (bicyclic) bond motifs is 5. The Labute approximate surface area is 177 Å². The lowest BCUT2D eigenvalue weighted by Crippen LogP contribution is -2.51. The maximum absolute atomic E-state index is 13.3. The summed E-state index contributed by atoms with van der Waals surface area (Å²) in [6, 6.07) is 1.64. The van der Waals surface area contributed by atoms with E-state index in [0.717, 1.165) is 37.7 Å². The zero-order valence-corrected chi connectivity index (χ0v) is 18.1. The van der Waals surface area contributed by atoms with Crippen molar-refractivity contribution in [1.82, 2.24) is 4.98 Å². The van der Waals surface area contributed by atoms with Crippen LogP contribution in [-0.4, -0.2) is 10.8 Å². The van der Waals surface area contributed by atoms with Crippen LogP contribution < -0.4 is 0 Å². The van der Waals surface area contributed by atoms with E-state index in [4.69, 9.17) is 0 Å². The molecule has 2 fully saturated rings. The second-order valence-electron chi connectivity index (χ2n) is 10.6. The summed E-state index contributed by atoms with van der Waals surface area (Å²) in [5.74, 6) is 2.51. The van der Waals surface area contributed by atoms with Crippen LogP contribution in [0.15, 0.2) is 36.2 Å². The molecule has 0 radical (unpaired) electrons. The Kier molecular flexibility index (Phi) is 4.57. The normalized spacial score (nSPS) is 40.4. The molecule has 4 heteroatoms. The van der Waals surface area contributed by atoms with Gasteiger partial charge in [-0.1, -0.05) is 32.4 Å². The molecule has 0 aromatic carbocycles. The number of aromatic nitrogens is 1. The molecular formula is C26H31F2NO. The van der Waals surface area contributed by atoms with Gasteiger partial charge in [-0.15, -0.1) is 0 Å². The predicted octanol–water partition coefficient (Wildman–Crippen LogP) is 6.79. The largest absolute Gasteiger partial charge is 0.295 e. The lowest BCUT2D eigenvalue weighted by atomic mass is 9.45. The molecule has 30 heavy (non-hydrogen) atoms. The smallest absolute Gasteiger partial charge is 0.265 e. The van der Waals surface area contributed by atoms with E-state index in [-0.39, 0.29) is 16.4 Å². The van der Waals surface area contributed by atoms with Gasteiger partial charge in [0.15, 0.2) is 5.78 Å². The number of allylic oxidation sites excluding steroid dienone is 4. The van der Waals surface area contributed by atoms with Crippen molar-refractivity contribution in [2.45, 2.75) is 65.7 Å². The van der Waals surface area contributed by atoms with Crippen molar-refractivity contribution in [3.8, 4) is 0 Å². The molecule has 1 aromatic heterocycles. The predicted molar refractivity (Wildman–Crippen MR) is 114 cm³/mol. The Bertz CT molecular complexity index is 950. The van der Waals surface area contributed by atoms with E-state index in [0.29, 0.717) is 35.9 Å². The minimum Gasteiger partial charge on any atom is -0.295 e. The van der Waals surface area contributed by atoms with Gasteiger partial charge in [-0.2, -0.15) is 0 Å². The van der Waals surface area contributed by atoms with Gasteiger partial charge in [0, 0.05) is 24.4 Å². The molecular weight excluding hydrogens is 380 g/mol.